The number of nitrogens with zero attached hydrogens (tertiary/aromatic N) is 1. The second kappa shape index (κ2) is 8.89. The van der Waals surface area contributed by atoms with Crippen LogP contribution in [-0.2, 0) is 4.74 Å². The highest BCUT2D eigenvalue weighted by Crippen LogP contribution is 2.16. The first-order chi connectivity index (χ1) is 12.2. The molecule has 0 bridgehead atoms. The van der Waals surface area contributed by atoms with Crippen LogP contribution in [0.1, 0.15) is 11.6 Å². The van der Waals surface area contributed by atoms with Crippen LogP contribution in [0.5, 0.6) is 0 Å². The second-order valence-electron chi connectivity index (χ2n) is 5.98. The van der Waals surface area contributed by atoms with Crippen molar-refractivity contribution in [3.8, 4) is 0 Å². The van der Waals surface area contributed by atoms with Crippen molar-refractivity contribution in [3.05, 3.63) is 66.0 Å². The predicted octanol–water partition coefficient (Wildman–Crippen LogP) is 3.19. The van der Waals surface area contributed by atoms with Gasteiger partial charge in [0, 0.05) is 25.3 Å². The number of halogens is 1. The molecule has 6 heteroatoms. The predicted molar refractivity (Wildman–Crippen MR) is 102 cm³/mol. The van der Waals surface area contributed by atoms with Gasteiger partial charge in [-0.05, 0) is 42.0 Å². The summed E-state index contributed by atoms with van der Waals surface area (Å²) in [4.78, 5) is 2.37. The fraction of sp³-hybridized carbons (Fsp3) is 0.316. The highest BCUT2D eigenvalue weighted by atomic mass is 32.1. The van der Waals surface area contributed by atoms with E-state index >= 15 is 0 Å². The molecule has 0 aliphatic carbocycles. The number of morpholine rings is 1. The summed E-state index contributed by atoms with van der Waals surface area (Å²) in [5.74, 6) is -0.265. The van der Waals surface area contributed by atoms with Gasteiger partial charge in [0.1, 0.15) is 5.82 Å². The van der Waals surface area contributed by atoms with Gasteiger partial charge in [-0.1, -0.05) is 30.3 Å². The van der Waals surface area contributed by atoms with Crippen LogP contribution < -0.4 is 10.6 Å². The number of rotatable bonds is 5. The smallest absolute Gasteiger partial charge is 0.171 e. The molecular weight excluding hydrogens is 337 g/mol. The van der Waals surface area contributed by atoms with E-state index in [0.29, 0.717) is 5.11 Å². The van der Waals surface area contributed by atoms with E-state index in [1.807, 2.05) is 18.2 Å². The quantitative estimate of drug-likeness (QED) is 0.802. The van der Waals surface area contributed by atoms with E-state index in [1.54, 1.807) is 12.1 Å². The Hall–Kier alpha value is -2.02. The summed E-state index contributed by atoms with van der Waals surface area (Å²) in [6, 6.07) is 16.5. The summed E-state index contributed by atoms with van der Waals surface area (Å²) in [7, 11) is 0. The Balaban J connectivity index is 1.65. The third-order valence-electron chi connectivity index (χ3n) is 4.15. The van der Waals surface area contributed by atoms with Crippen molar-refractivity contribution in [1.29, 1.82) is 0 Å². The minimum atomic E-state index is -0.265. The van der Waals surface area contributed by atoms with Crippen molar-refractivity contribution in [2.45, 2.75) is 6.04 Å². The van der Waals surface area contributed by atoms with E-state index in [1.165, 1.54) is 17.7 Å². The second-order valence-corrected chi connectivity index (χ2v) is 6.39. The summed E-state index contributed by atoms with van der Waals surface area (Å²) < 4.78 is 18.4. The van der Waals surface area contributed by atoms with Crippen molar-refractivity contribution in [2.24, 2.45) is 0 Å². The maximum atomic E-state index is 13.0. The summed E-state index contributed by atoms with van der Waals surface area (Å²) in [5.41, 5.74) is 1.94. The van der Waals surface area contributed by atoms with Gasteiger partial charge in [0.15, 0.2) is 5.11 Å². The lowest BCUT2D eigenvalue weighted by Crippen LogP contribution is -2.44. The number of benzene rings is 2. The van der Waals surface area contributed by atoms with E-state index in [2.05, 4.69) is 27.7 Å². The zero-order valence-corrected chi connectivity index (χ0v) is 14.8. The SMILES string of the molecule is Fc1ccc(NC(=S)N[C@@H](CN2CCOCC2)c2ccccc2)cc1. The highest BCUT2D eigenvalue weighted by molar-refractivity contribution is 7.80. The van der Waals surface area contributed by atoms with Crippen LogP contribution in [0, 0.1) is 5.82 Å². The Kier molecular flexibility index (Phi) is 6.33. The molecular formula is C19H22FN3OS. The molecule has 1 atom stereocenters. The molecule has 25 heavy (non-hydrogen) atoms. The van der Waals surface area contributed by atoms with Crippen molar-refractivity contribution in [1.82, 2.24) is 10.2 Å². The van der Waals surface area contributed by atoms with Crippen LogP contribution in [0.4, 0.5) is 10.1 Å². The summed E-state index contributed by atoms with van der Waals surface area (Å²) >= 11 is 5.45. The Morgan fingerprint density at radius 3 is 2.44 bits per heavy atom. The number of thiocarbonyl (C=S) groups is 1. The molecule has 0 unspecified atom stereocenters. The Bertz CT molecular complexity index is 675. The monoisotopic (exact) mass is 359 g/mol. The molecule has 1 saturated heterocycles. The number of hydrogen-bond donors (Lipinski definition) is 2. The normalized spacial score (nSPS) is 16.2. The van der Waals surface area contributed by atoms with Crippen LogP contribution in [0.25, 0.3) is 0 Å². The summed E-state index contributed by atoms with van der Waals surface area (Å²) in [6.45, 7) is 4.21. The average molecular weight is 359 g/mol. The standard InChI is InChI=1S/C19H22FN3OS/c20-16-6-8-17(9-7-16)21-19(25)22-18(15-4-2-1-3-5-15)14-23-10-12-24-13-11-23/h1-9,18H,10-14H2,(H2,21,22,25)/t18-/m0/s1. The Labute approximate surface area is 153 Å². The van der Waals surface area contributed by atoms with E-state index in [4.69, 9.17) is 17.0 Å². The lowest BCUT2D eigenvalue weighted by Gasteiger charge is -2.31. The molecule has 0 radical (unpaired) electrons. The number of anilines is 1. The third kappa shape index (κ3) is 5.49. The van der Waals surface area contributed by atoms with Gasteiger partial charge in [0.05, 0.1) is 19.3 Å². The van der Waals surface area contributed by atoms with Crippen LogP contribution in [0.2, 0.25) is 0 Å². The lowest BCUT2D eigenvalue weighted by molar-refractivity contribution is 0.0344. The topological polar surface area (TPSA) is 36.5 Å². The molecule has 2 aromatic rings. The fourth-order valence-corrected chi connectivity index (χ4v) is 3.08. The third-order valence-corrected chi connectivity index (χ3v) is 4.37. The highest BCUT2D eigenvalue weighted by Gasteiger charge is 2.19. The van der Waals surface area contributed by atoms with Crippen molar-refractivity contribution >= 4 is 23.0 Å². The van der Waals surface area contributed by atoms with Crippen LogP contribution in [-0.4, -0.2) is 42.9 Å². The average Bonchev–Trinajstić information content (AvgIpc) is 2.65. The van der Waals surface area contributed by atoms with Gasteiger partial charge in [0.25, 0.3) is 0 Å². The zero-order valence-electron chi connectivity index (χ0n) is 14.0. The van der Waals surface area contributed by atoms with Crippen LogP contribution in [0.3, 0.4) is 0 Å². The van der Waals surface area contributed by atoms with Gasteiger partial charge in [-0.3, -0.25) is 4.90 Å². The van der Waals surface area contributed by atoms with E-state index in [9.17, 15) is 4.39 Å². The fourth-order valence-electron chi connectivity index (χ4n) is 2.82. The minimum Gasteiger partial charge on any atom is -0.379 e. The number of nitrogens with one attached hydrogen (secondary N) is 2. The summed E-state index contributed by atoms with van der Waals surface area (Å²) in [5, 5.41) is 7.03. The van der Waals surface area contributed by atoms with Gasteiger partial charge in [-0.15, -0.1) is 0 Å². The zero-order chi connectivity index (χ0) is 17.5. The summed E-state index contributed by atoms with van der Waals surface area (Å²) in [6.07, 6.45) is 0. The van der Waals surface area contributed by atoms with Crippen LogP contribution in [0.15, 0.2) is 54.6 Å². The van der Waals surface area contributed by atoms with Crippen molar-refractivity contribution in [3.63, 3.8) is 0 Å². The maximum Gasteiger partial charge on any atom is 0.171 e. The maximum absolute atomic E-state index is 13.0. The molecule has 0 amide bonds. The minimum absolute atomic E-state index is 0.0692. The molecule has 4 nitrogen and oxygen atoms in total. The van der Waals surface area contributed by atoms with E-state index in [0.717, 1.165) is 38.5 Å². The first-order valence-electron chi connectivity index (χ1n) is 8.39. The van der Waals surface area contributed by atoms with Gasteiger partial charge in [-0.2, -0.15) is 0 Å². The van der Waals surface area contributed by atoms with Gasteiger partial charge >= 0.3 is 0 Å². The Morgan fingerprint density at radius 2 is 1.76 bits per heavy atom. The van der Waals surface area contributed by atoms with Crippen molar-refractivity contribution < 1.29 is 9.13 Å². The molecule has 132 valence electrons. The molecule has 1 fully saturated rings. The molecule has 2 aromatic carbocycles. The molecule has 0 saturated carbocycles. The lowest BCUT2D eigenvalue weighted by atomic mass is 10.1. The Morgan fingerprint density at radius 1 is 1.08 bits per heavy atom. The molecule has 2 N–H and O–H groups in total. The van der Waals surface area contributed by atoms with Gasteiger partial charge < -0.3 is 15.4 Å². The van der Waals surface area contributed by atoms with E-state index in [-0.39, 0.29) is 11.9 Å². The molecule has 1 aliphatic rings. The molecule has 1 aliphatic heterocycles. The molecule has 3 rings (SSSR count). The first-order valence-corrected chi connectivity index (χ1v) is 8.80. The largest absolute Gasteiger partial charge is 0.379 e. The van der Waals surface area contributed by atoms with Crippen molar-refractivity contribution in [2.75, 3.05) is 38.2 Å². The van der Waals surface area contributed by atoms with Gasteiger partial charge in [-0.25, -0.2) is 4.39 Å². The van der Waals surface area contributed by atoms with Gasteiger partial charge in [0.2, 0.25) is 0 Å². The molecule has 0 spiro atoms. The van der Waals surface area contributed by atoms with Crippen LogP contribution >= 0.6 is 12.2 Å². The number of ether oxygens (including phenoxy) is 1. The van der Waals surface area contributed by atoms with E-state index < -0.39 is 0 Å². The first kappa shape index (κ1) is 17.8. The molecule has 1 heterocycles. The number of hydrogen-bond acceptors (Lipinski definition) is 3. The molecule has 0 aromatic heterocycles.